The van der Waals surface area contributed by atoms with Gasteiger partial charge in [0.15, 0.2) is 4.80 Å². The van der Waals surface area contributed by atoms with Crippen molar-refractivity contribution < 1.29 is 13.2 Å². The van der Waals surface area contributed by atoms with Gasteiger partial charge in [-0.1, -0.05) is 35.6 Å². The van der Waals surface area contributed by atoms with E-state index < -0.39 is 10.0 Å². The van der Waals surface area contributed by atoms with Crippen molar-refractivity contribution >= 4 is 43.2 Å². The van der Waals surface area contributed by atoms with Crippen molar-refractivity contribution in [3.8, 4) is 0 Å². The smallest absolute Gasteiger partial charge is 0.279 e. The zero-order valence-corrected chi connectivity index (χ0v) is 21.6. The van der Waals surface area contributed by atoms with Crippen LogP contribution in [0.15, 0.2) is 70.6 Å². The number of aromatic nitrogens is 1. The molecule has 5 rings (SSSR count). The number of rotatable bonds is 4. The summed E-state index contributed by atoms with van der Waals surface area (Å²) in [6.07, 6.45) is 1.64. The predicted octanol–water partition coefficient (Wildman–Crippen LogP) is 5.22. The summed E-state index contributed by atoms with van der Waals surface area (Å²) in [7, 11) is -3.72. The van der Waals surface area contributed by atoms with E-state index in [9.17, 15) is 13.2 Å². The standard InChI is InChI=1S/C27H27N3O3S2/c1-4-29-24-17-18(2)16-19(3)25(24)34-27(29)28-26(31)21-11-13-22(14-12-21)35(32,33)30-15-7-9-20-8-5-6-10-23(20)30/h5-6,8,10-14,16-17H,4,7,9,15H2,1-3H3. The van der Waals surface area contributed by atoms with Gasteiger partial charge in [0.2, 0.25) is 0 Å². The zero-order valence-electron chi connectivity index (χ0n) is 20.0. The lowest BCUT2D eigenvalue weighted by Gasteiger charge is -2.30. The molecule has 8 heteroatoms. The first-order valence-electron chi connectivity index (χ1n) is 11.7. The van der Waals surface area contributed by atoms with Gasteiger partial charge in [0, 0.05) is 18.7 Å². The number of aryl methyl sites for hydroxylation is 4. The summed E-state index contributed by atoms with van der Waals surface area (Å²) in [6, 6.07) is 18.0. The maximum atomic E-state index is 13.4. The number of hydrogen-bond donors (Lipinski definition) is 0. The lowest BCUT2D eigenvalue weighted by molar-refractivity contribution is 0.0997. The van der Waals surface area contributed by atoms with Crippen LogP contribution < -0.4 is 9.11 Å². The van der Waals surface area contributed by atoms with E-state index in [1.165, 1.54) is 33.3 Å². The largest absolute Gasteiger partial charge is 0.317 e. The number of sulfonamides is 1. The van der Waals surface area contributed by atoms with Crippen LogP contribution in [0.1, 0.15) is 40.4 Å². The third-order valence-corrected chi connectivity index (χ3v) is 9.44. The summed E-state index contributed by atoms with van der Waals surface area (Å²) < 4.78 is 31.4. The van der Waals surface area contributed by atoms with Crippen LogP contribution in [-0.2, 0) is 23.0 Å². The molecule has 1 aromatic heterocycles. The molecule has 0 fully saturated rings. The average Bonchev–Trinajstić information content (AvgIpc) is 3.20. The zero-order chi connectivity index (χ0) is 24.7. The van der Waals surface area contributed by atoms with Crippen LogP contribution in [0, 0.1) is 13.8 Å². The Morgan fingerprint density at radius 3 is 2.54 bits per heavy atom. The van der Waals surface area contributed by atoms with Gasteiger partial charge in [0.1, 0.15) is 0 Å². The minimum atomic E-state index is -3.72. The second kappa shape index (κ2) is 9.09. The Balaban J connectivity index is 1.48. The fourth-order valence-corrected chi connectivity index (χ4v) is 7.38. The van der Waals surface area contributed by atoms with Crippen molar-refractivity contribution in [2.75, 3.05) is 10.8 Å². The third-order valence-electron chi connectivity index (χ3n) is 6.38. The molecule has 0 unspecified atom stereocenters. The molecule has 0 N–H and O–H groups in total. The molecule has 0 saturated heterocycles. The molecule has 1 aliphatic heterocycles. The number of thiazole rings is 1. The van der Waals surface area contributed by atoms with Crippen LogP contribution in [0.3, 0.4) is 0 Å². The van der Waals surface area contributed by atoms with Gasteiger partial charge in [-0.25, -0.2) is 8.42 Å². The Kier molecular flexibility index (Phi) is 6.11. The maximum absolute atomic E-state index is 13.4. The summed E-state index contributed by atoms with van der Waals surface area (Å²) >= 11 is 1.50. The van der Waals surface area contributed by atoms with Crippen LogP contribution in [-0.4, -0.2) is 25.4 Å². The Morgan fingerprint density at radius 1 is 1.06 bits per heavy atom. The number of fused-ring (bicyclic) bond motifs is 2. The minimum absolute atomic E-state index is 0.169. The van der Waals surface area contributed by atoms with Gasteiger partial charge in [-0.2, -0.15) is 4.99 Å². The van der Waals surface area contributed by atoms with Crippen molar-refractivity contribution in [1.82, 2.24) is 4.57 Å². The van der Waals surface area contributed by atoms with Gasteiger partial charge in [-0.15, -0.1) is 0 Å². The molecule has 0 aliphatic carbocycles. The van der Waals surface area contributed by atoms with Gasteiger partial charge in [0.25, 0.3) is 15.9 Å². The van der Waals surface area contributed by atoms with Gasteiger partial charge in [-0.3, -0.25) is 9.10 Å². The molecule has 2 heterocycles. The van der Waals surface area contributed by atoms with E-state index in [2.05, 4.69) is 31.0 Å². The summed E-state index contributed by atoms with van der Waals surface area (Å²) in [5.41, 5.74) is 5.52. The van der Waals surface area contributed by atoms with Crippen LogP contribution in [0.4, 0.5) is 5.69 Å². The predicted molar refractivity (Wildman–Crippen MR) is 141 cm³/mol. The fourth-order valence-electron chi connectivity index (χ4n) is 4.70. The summed E-state index contributed by atoms with van der Waals surface area (Å²) in [5.74, 6) is -0.389. The number of amides is 1. The minimum Gasteiger partial charge on any atom is -0.317 e. The number of para-hydroxylation sites is 1. The van der Waals surface area contributed by atoms with E-state index in [1.807, 2.05) is 35.8 Å². The molecule has 1 amide bonds. The first kappa shape index (κ1) is 23.5. The van der Waals surface area contributed by atoms with Crippen molar-refractivity contribution in [1.29, 1.82) is 0 Å². The Hall–Kier alpha value is -3.23. The third kappa shape index (κ3) is 4.21. The average molecular weight is 506 g/mol. The van der Waals surface area contributed by atoms with Gasteiger partial charge < -0.3 is 4.57 Å². The first-order valence-corrected chi connectivity index (χ1v) is 14.0. The highest BCUT2D eigenvalue weighted by Gasteiger charge is 2.29. The lowest BCUT2D eigenvalue weighted by atomic mass is 10.0. The monoisotopic (exact) mass is 505 g/mol. The van der Waals surface area contributed by atoms with E-state index in [0.717, 1.165) is 39.9 Å². The number of carbonyl (C=O) groups is 1. The molecule has 0 atom stereocenters. The van der Waals surface area contributed by atoms with Gasteiger partial charge in [-0.05, 0) is 86.7 Å². The SMILES string of the molecule is CCn1c(=NC(=O)c2ccc(S(=O)(=O)N3CCCc4ccccc43)cc2)sc2c(C)cc(C)cc21. The molecule has 0 bridgehead atoms. The molecule has 0 saturated carbocycles. The van der Waals surface area contributed by atoms with Gasteiger partial charge >= 0.3 is 0 Å². The van der Waals surface area contributed by atoms with Crippen molar-refractivity contribution in [2.45, 2.75) is 45.1 Å². The molecular weight excluding hydrogens is 478 g/mol. The van der Waals surface area contributed by atoms with E-state index in [0.29, 0.717) is 23.5 Å². The summed E-state index contributed by atoms with van der Waals surface area (Å²) in [6.45, 7) is 7.30. The van der Waals surface area contributed by atoms with E-state index in [1.54, 1.807) is 12.1 Å². The second-order valence-corrected chi connectivity index (χ2v) is 11.6. The number of hydrogen-bond acceptors (Lipinski definition) is 4. The summed E-state index contributed by atoms with van der Waals surface area (Å²) in [5, 5.41) is 0. The molecule has 1 aliphatic rings. The van der Waals surface area contributed by atoms with E-state index in [4.69, 9.17) is 0 Å². The molecule has 0 spiro atoms. The second-order valence-electron chi connectivity index (χ2n) is 8.81. The Labute approximate surface area is 209 Å². The van der Waals surface area contributed by atoms with Crippen LogP contribution in [0.2, 0.25) is 0 Å². The van der Waals surface area contributed by atoms with Crippen LogP contribution in [0.5, 0.6) is 0 Å². The van der Waals surface area contributed by atoms with E-state index in [-0.39, 0.29) is 10.8 Å². The molecular formula is C27H27N3O3S2. The number of benzene rings is 3. The van der Waals surface area contributed by atoms with Crippen molar-refractivity contribution in [3.05, 3.63) is 87.7 Å². The topological polar surface area (TPSA) is 71.7 Å². The molecule has 180 valence electrons. The van der Waals surface area contributed by atoms with E-state index >= 15 is 0 Å². The number of carbonyl (C=O) groups excluding carboxylic acids is 1. The highest BCUT2D eigenvalue weighted by atomic mass is 32.2. The Morgan fingerprint density at radius 2 is 1.80 bits per heavy atom. The van der Waals surface area contributed by atoms with Crippen molar-refractivity contribution in [2.24, 2.45) is 4.99 Å². The molecule has 0 radical (unpaired) electrons. The first-order chi connectivity index (χ1) is 16.8. The summed E-state index contributed by atoms with van der Waals surface area (Å²) in [4.78, 5) is 18.2. The van der Waals surface area contributed by atoms with Crippen LogP contribution >= 0.6 is 11.3 Å². The quantitative estimate of drug-likeness (QED) is 0.382. The molecule has 35 heavy (non-hydrogen) atoms. The van der Waals surface area contributed by atoms with Gasteiger partial charge in [0.05, 0.1) is 20.8 Å². The maximum Gasteiger partial charge on any atom is 0.279 e. The highest BCUT2D eigenvalue weighted by Crippen LogP contribution is 2.32. The highest BCUT2D eigenvalue weighted by molar-refractivity contribution is 7.92. The molecule has 3 aromatic carbocycles. The molecule has 6 nitrogen and oxygen atoms in total. The lowest BCUT2D eigenvalue weighted by Crippen LogP contribution is -2.35. The number of nitrogens with zero attached hydrogens (tertiary/aromatic N) is 3. The number of anilines is 1. The van der Waals surface area contributed by atoms with Crippen molar-refractivity contribution in [3.63, 3.8) is 0 Å². The fraction of sp³-hybridized carbons (Fsp3) is 0.259. The normalized spacial score (nSPS) is 14.4. The molecule has 4 aromatic rings. The Bertz CT molecular complexity index is 1610. The van der Waals surface area contributed by atoms with Crippen LogP contribution in [0.25, 0.3) is 10.2 Å².